The van der Waals surface area contributed by atoms with Crippen LogP contribution in [0.2, 0.25) is 0 Å². The Bertz CT molecular complexity index is 680. The summed E-state index contributed by atoms with van der Waals surface area (Å²) in [6.45, 7) is 6.98. The van der Waals surface area contributed by atoms with E-state index in [1.807, 2.05) is 31.2 Å². The van der Waals surface area contributed by atoms with Crippen LogP contribution >= 0.6 is 0 Å². The van der Waals surface area contributed by atoms with Gasteiger partial charge in [-0.2, -0.15) is 0 Å². The SMILES string of the molecule is COC(=O)NC(C(C)=O)C(C)Cc1ccc(C(C(C)=O)N2CCCCC2)cc1. The molecule has 154 valence electrons. The third-order valence-corrected chi connectivity index (χ3v) is 5.46. The minimum absolute atomic E-state index is 0.0758. The van der Waals surface area contributed by atoms with E-state index in [9.17, 15) is 14.4 Å². The van der Waals surface area contributed by atoms with Crippen LogP contribution in [0.5, 0.6) is 0 Å². The van der Waals surface area contributed by atoms with Crippen molar-refractivity contribution in [3.05, 3.63) is 35.4 Å². The molecule has 0 bridgehead atoms. The summed E-state index contributed by atoms with van der Waals surface area (Å²) in [5, 5.41) is 2.61. The van der Waals surface area contributed by atoms with Crippen LogP contribution in [0, 0.1) is 5.92 Å². The third-order valence-electron chi connectivity index (χ3n) is 5.46. The standard InChI is InChI=1S/C22H32N2O4/c1-15(20(16(2)25)23-22(27)28-4)14-18-8-10-19(11-9-18)21(17(3)26)24-12-6-5-7-13-24/h8-11,15,20-21H,5-7,12-14H2,1-4H3,(H,23,27). The van der Waals surface area contributed by atoms with Crippen LogP contribution in [0.1, 0.15) is 57.2 Å². The highest BCUT2D eigenvalue weighted by Gasteiger charge is 2.27. The van der Waals surface area contributed by atoms with Crippen molar-refractivity contribution in [1.82, 2.24) is 10.2 Å². The van der Waals surface area contributed by atoms with Crippen molar-refractivity contribution in [1.29, 1.82) is 0 Å². The first-order chi connectivity index (χ1) is 13.3. The molecule has 0 saturated carbocycles. The Morgan fingerprint density at radius 2 is 1.64 bits per heavy atom. The zero-order valence-corrected chi connectivity index (χ0v) is 17.4. The Morgan fingerprint density at radius 3 is 2.14 bits per heavy atom. The maximum atomic E-state index is 12.3. The number of alkyl carbamates (subject to hydrolysis) is 1. The van der Waals surface area contributed by atoms with Crippen molar-refractivity contribution in [2.24, 2.45) is 5.92 Å². The average Bonchev–Trinajstić information content (AvgIpc) is 2.67. The number of nitrogens with zero attached hydrogens (tertiary/aromatic N) is 1. The van der Waals surface area contributed by atoms with Gasteiger partial charge in [0, 0.05) is 0 Å². The van der Waals surface area contributed by atoms with E-state index >= 15 is 0 Å². The number of nitrogens with one attached hydrogen (secondary N) is 1. The monoisotopic (exact) mass is 388 g/mol. The van der Waals surface area contributed by atoms with E-state index in [0.29, 0.717) is 6.42 Å². The molecule has 1 aromatic rings. The van der Waals surface area contributed by atoms with Gasteiger partial charge in [0.2, 0.25) is 0 Å². The number of amides is 1. The molecule has 1 fully saturated rings. The van der Waals surface area contributed by atoms with Gasteiger partial charge in [0.1, 0.15) is 0 Å². The Hall–Kier alpha value is -2.21. The molecule has 6 heteroatoms. The molecule has 0 spiro atoms. The zero-order chi connectivity index (χ0) is 20.7. The number of benzene rings is 1. The molecule has 2 rings (SSSR count). The van der Waals surface area contributed by atoms with Gasteiger partial charge >= 0.3 is 6.09 Å². The van der Waals surface area contributed by atoms with E-state index in [1.165, 1.54) is 20.5 Å². The molecule has 1 amide bonds. The first-order valence-corrected chi connectivity index (χ1v) is 10.0. The highest BCUT2D eigenvalue weighted by molar-refractivity contribution is 5.85. The number of carbonyl (C=O) groups excluding carboxylic acids is 3. The maximum absolute atomic E-state index is 12.3. The summed E-state index contributed by atoms with van der Waals surface area (Å²) in [6, 6.07) is 7.28. The van der Waals surface area contributed by atoms with E-state index in [2.05, 4.69) is 15.0 Å². The fourth-order valence-electron chi connectivity index (χ4n) is 4.04. The number of methoxy groups -OCH3 is 1. The lowest BCUT2D eigenvalue weighted by atomic mass is 9.90. The van der Waals surface area contributed by atoms with Gasteiger partial charge in [0.15, 0.2) is 11.6 Å². The van der Waals surface area contributed by atoms with Crippen molar-refractivity contribution in [2.45, 2.75) is 58.5 Å². The summed E-state index contributed by atoms with van der Waals surface area (Å²) in [7, 11) is 1.28. The van der Waals surface area contributed by atoms with Crippen molar-refractivity contribution in [3.8, 4) is 0 Å². The molecule has 3 unspecified atom stereocenters. The molecular formula is C22H32N2O4. The minimum Gasteiger partial charge on any atom is -0.453 e. The van der Waals surface area contributed by atoms with Gasteiger partial charge in [0.25, 0.3) is 0 Å². The van der Waals surface area contributed by atoms with Gasteiger partial charge in [0.05, 0.1) is 19.2 Å². The third kappa shape index (κ3) is 5.89. The van der Waals surface area contributed by atoms with Crippen LogP contribution in [-0.4, -0.2) is 48.8 Å². The fourth-order valence-corrected chi connectivity index (χ4v) is 4.04. The minimum atomic E-state index is -0.603. The van der Waals surface area contributed by atoms with Gasteiger partial charge in [-0.25, -0.2) is 4.79 Å². The lowest BCUT2D eigenvalue weighted by Crippen LogP contribution is -2.44. The summed E-state index contributed by atoms with van der Waals surface area (Å²) >= 11 is 0. The van der Waals surface area contributed by atoms with Crippen LogP contribution in [0.15, 0.2) is 24.3 Å². The predicted octanol–water partition coefficient (Wildman–Crippen LogP) is 3.29. The summed E-state index contributed by atoms with van der Waals surface area (Å²) in [4.78, 5) is 37.9. The first kappa shape index (κ1) is 22.1. The predicted molar refractivity (Wildman–Crippen MR) is 108 cm³/mol. The molecule has 3 atom stereocenters. The molecule has 28 heavy (non-hydrogen) atoms. The van der Waals surface area contributed by atoms with E-state index in [4.69, 9.17) is 0 Å². The lowest BCUT2D eigenvalue weighted by molar-refractivity contribution is -0.123. The zero-order valence-electron chi connectivity index (χ0n) is 17.4. The number of piperidine rings is 1. The van der Waals surface area contributed by atoms with Crippen LogP contribution in [0.25, 0.3) is 0 Å². The largest absolute Gasteiger partial charge is 0.453 e. The molecule has 1 aromatic carbocycles. The lowest BCUT2D eigenvalue weighted by Gasteiger charge is -2.33. The van der Waals surface area contributed by atoms with Crippen molar-refractivity contribution >= 4 is 17.7 Å². The van der Waals surface area contributed by atoms with Crippen LogP contribution in [-0.2, 0) is 20.7 Å². The molecule has 1 N–H and O–H groups in total. The molecular weight excluding hydrogens is 356 g/mol. The summed E-state index contributed by atoms with van der Waals surface area (Å²) in [5.41, 5.74) is 2.08. The molecule has 6 nitrogen and oxygen atoms in total. The highest BCUT2D eigenvalue weighted by Crippen LogP contribution is 2.26. The number of likely N-dealkylation sites (tertiary alicyclic amines) is 1. The number of ether oxygens (including phenoxy) is 1. The normalized spacial score (nSPS) is 18.0. The van der Waals surface area contributed by atoms with Crippen molar-refractivity contribution in [2.75, 3.05) is 20.2 Å². The smallest absolute Gasteiger partial charge is 0.407 e. The number of hydrogen-bond acceptors (Lipinski definition) is 5. The quantitative estimate of drug-likeness (QED) is 0.739. The first-order valence-electron chi connectivity index (χ1n) is 10.0. The summed E-state index contributed by atoms with van der Waals surface area (Å²) in [5.74, 6) is -0.00801. The highest BCUT2D eigenvalue weighted by atomic mass is 16.5. The van der Waals surface area contributed by atoms with Gasteiger partial charge in [-0.1, -0.05) is 37.6 Å². The van der Waals surface area contributed by atoms with E-state index in [-0.39, 0.29) is 23.5 Å². The second-order valence-electron chi connectivity index (χ2n) is 7.76. The molecule has 1 aliphatic heterocycles. The summed E-state index contributed by atoms with van der Waals surface area (Å²) < 4.78 is 4.61. The van der Waals surface area contributed by atoms with Gasteiger partial charge in [-0.3, -0.25) is 14.5 Å². The topological polar surface area (TPSA) is 75.7 Å². The second kappa shape index (κ2) is 10.4. The van der Waals surface area contributed by atoms with Gasteiger partial charge in [-0.15, -0.1) is 0 Å². The van der Waals surface area contributed by atoms with E-state index in [0.717, 1.165) is 37.1 Å². The molecule has 1 heterocycles. The van der Waals surface area contributed by atoms with Crippen molar-refractivity contribution < 1.29 is 19.1 Å². The Morgan fingerprint density at radius 1 is 1.04 bits per heavy atom. The Balaban J connectivity index is 2.08. The maximum Gasteiger partial charge on any atom is 0.407 e. The molecule has 0 aliphatic carbocycles. The molecule has 1 aliphatic rings. The van der Waals surface area contributed by atoms with Gasteiger partial charge in [-0.05, 0) is 63.2 Å². The fraction of sp³-hybridized carbons (Fsp3) is 0.591. The van der Waals surface area contributed by atoms with E-state index < -0.39 is 12.1 Å². The molecule has 0 aromatic heterocycles. The average molecular weight is 389 g/mol. The number of ketones is 2. The number of rotatable bonds is 8. The Kier molecular flexibility index (Phi) is 8.18. The number of hydrogen-bond donors (Lipinski definition) is 1. The second-order valence-corrected chi connectivity index (χ2v) is 7.76. The van der Waals surface area contributed by atoms with Gasteiger partial charge < -0.3 is 10.1 Å². The van der Waals surface area contributed by atoms with E-state index in [1.54, 1.807) is 6.92 Å². The number of carbonyl (C=O) groups is 3. The molecule has 1 saturated heterocycles. The van der Waals surface area contributed by atoms with Crippen LogP contribution in [0.3, 0.4) is 0 Å². The van der Waals surface area contributed by atoms with Crippen LogP contribution in [0.4, 0.5) is 4.79 Å². The summed E-state index contributed by atoms with van der Waals surface area (Å²) in [6.07, 6.45) is 3.55. The van der Waals surface area contributed by atoms with Crippen LogP contribution < -0.4 is 5.32 Å². The molecule has 0 radical (unpaired) electrons. The Labute approximate surface area is 167 Å². The number of Topliss-reactive ketones (excluding diaryl/α,β-unsaturated/α-hetero) is 2. The van der Waals surface area contributed by atoms with Crippen molar-refractivity contribution in [3.63, 3.8) is 0 Å².